The highest BCUT2D eigenvalue weighted by molar-refractivity contribution is 6.04. The van der Waals surface area contributed by atoms with Gasteiger partial charge in [0.05, 0.1) is 5.56 Å². The van der Waals surface area contributed by atoms with Crippen molar-refractivity contribution in [1.29, 1.82) is 0 Å². The zero-order valence-corrected chi connectivity index (χ0v) is 12.1. The van der Waals surface area contributed by atoms with Crippen LogP contribution >= 0.6 is 0 Å². The lowest BCUT2D eigenvalue weighted by atomic mass is 10.1. The average molecular weight is 286 g/mol. The lowest BCUT2D eigenvalue weighted by Crippen LogP contribution is -2.14. The SMILES string of the molecule is CCCCCc1ccc(NC(=O)c2cccnc2F)cc1. The smallest absolute Gasteiger partial charge is 0.260 e. The molecule has 1 N–H and O–H groups in total. The fraction of sp³-hybridized carbons (Fsp3) is 0.294. The first-order valence-corrected chi connectivity index (χ1v) is 7.21. The fourth-order valence-electron chi connectivity index (χ4n) is 2.09. The van der Waals surface area contributed by atoms with E-state index in [-0.39, 0.29) is 5.56 Å². The molecule has 0 aliphatic rings. The number of carbonyl (C=O) groups excluding carboxylic acids is 1. The molecule has 1 heterocycles. The number of carbonyl (C=O) groups is 1. The zero-order valence-electron chi connectivity index (χ0n) is 12.1. The van der Waals surface area contributed by atoms with Gasteiger partial charge in [-0.3, -0.25) is 4.79 Å². The van der Waals surface area contributed by atoms with Crippen molar-refractivity contribution < 1.29 is 9.18 Å². The number of aryl methyl sites for hydroxylation is 1. The third-order valence-electron chi connectivity index (χ3n) is 3.28. The quantitative estimate of drug-likeness (QED) is 0.638. The summed E-state index contributed by atoms with van der Waals surface area (Å²) in [5.74, 6) is -1.24. The van der Waals surface area contributed by atoms with Crippen molar-refractivity contribution in [2.75, 3.05) is 5.32 Å². The van der Waals surface area contributed by atoms with Crippen LogP contribution in [0, 0.1) is 5.95 Å². The molecule has 4 heteroatoms. The van der Waals surface area contributed by atoms with Crippen molar-refractivity contribution in [3.05, 3.63) is 59.7 Å². The van der Waals surface area contributed by atoms with E-state index in [9.17, 15) is 9.18 Å². The molecule has 0 aliphatic carbocycles. The number of halogens is 1. The third kappa shape index (κ3) is 4.38. The highest BCUT2D eigenvalue weighted by atomic mass is 19.1. The van der Waals surface area contributed by atoms with Crippen LogP contribution in [0.1, 0.15) is 42.1 Å². The summed E-state index contributed by atoms with van der Waals surface area (Å²) in [4.78, 5) is 15.4. The molecule has 0 fully saturated rings. The summed E-state index contributed by atoms with van der Waals surface area (Å²) < 4.78 is 13.4. The monoisotopic (exact) mass is 286 g/mol. The Morgan fingerprint density at radius 2 is 1.95 bits per heavy atom. The van der Waals surface area contributed by atoms with E-state index in [0.29, 0.717) is 5.69 Å². The van der Waals surface area contributed by atoms with Gasteiger partial charge < -0.3 is 5.32 Å². The van der Waals surface area contributed by atoms with E-state index >= 15 is 0 Å². The molecule has 0 spiro atoms. The Morgan fingerprint density at radius 3 is 2.62 bits per heavy atom. The second kappa shape index (κ2) is 7.53. The summed E-state index contributed by atoms with van der Waals surface area (Å²) in [6.07, 6.45) is 5.95. The zero-order chi connectivity index (χ0) is 15.1. The molecule has 0 bridgehead atoms. The number of rotatable bonds is 6. The molecular formula is C17H19FN2O. The molecule has 0 unspecified atom stereocenters. The maximum Gasteiger partial charge on any atom is 0.260 e. The minimum absolute atomic E-state index is 0.0514. The Hall–Kier alpha value is -2.23. The Kier molecular flexibility index (Phi) is 5.43. The molecule has 0 saturated heterocycles. The molecule has 1 aromatic carbocycles. The summed E-state index contributed by atoms with van der Waals surface area (Å²) in [6, 6.07) is 10.6. The highest BCUT2D eigenvalue weighted by Crippen LogP contribution is 2.14. The Balaban J connectivity index is 1.97. The van der Waals surface area contributed by atoms with Gasteiger partial charge >= 0.3 is 0 Å². The summed E-state index contributed by atoms with van der Waals surface area (Å²) in [6.45, 7) is 2.18. The lowest BCUT2D eigenvalue weighted by molar-refractivity contribution is 0.102. The minimum Gasteiger partial charge on any atom is -0.322 e. The van der Waals surface area contributed by atoms with Gasteiger partial charge in [0.1, 0.15) is 0 Å². The van der Waals surface area contributed by atoms with Crippen molar-refractivity contribution in [3.63, 3.8) is 0 Å². The van der Waals surface area contributed by atoms with Crippen LogP contribution < -0.4 is 5.32 Å². The maximum atomic E-state index is 13.4. The van der Waals surface area contributed by atoms with E-state index < -0.39 is 11.9 Å². The number of unbranched alkanes of at least 4 members (excludes halogenated alkanes) is 2. The number of anilines is 1. The van der Waals surface area contributed by atoms with Crippen LogP contribution in [0.4, 0.5) is 10.1 Å². The fourth-order valence-corrected chi connectivity index (χ4v) is 2.09. The van der Waals surface area contributed by atoms with Gasteiger partial charge in [-0.15, -0.1) is 0 Å². The molecule has 3 nitrogen and oxygen atoms in total. The first kappa shape index (κ1) is 15.2. The summed E-state index contributed by atoms with van der Waals surface area (Å²) >= 11 is 0. The Bertz CT molecular complexity index is 596. The number of aromatic nitrogens is 1. The van der Waals surface area contributed by atoms with E-state index in [4.69, 9.17) is 0 Å². The molecular weight excluding hydrogens is 267 g/mol. The summed E-state index contributed by atoms with van der Waals surface area (Å²) in [5, 5.41) is 2.67. The number of nitrogens with zero attached hydrogens (tertiary/aromatic N) is 1. The molecule has 0 atom stereocenters. The van der Waals surface area contributed by atoms with Gasteiger partial charge in [-0.1, -0.05) is 31.9 Å². The van der Waals surface area contributed by atoms with Crippen LogP contribution in [0.5, 0.6) is 0 Å². The van der Waals surface area contributed by atoms with Gasteiger partial charge in [-0.25, -0.2) is 4.98 Å². The van der Waals surface area contributed by atoms with Crippen LogP contribution in [0.3, 0.4) is 0 Å². The van der Waals surface area contributed by atoms with Crippen molar-refractivity contribution in [1.82, 2.24) is 4.98 Å². The number of pyridine rings is 1. The Morgan fingerprint density at radius 1 is 1.19 bits per heavy atom. The second-order valence-electron chi connectivity index (χ2n) is 4.95. The number of nitrogens with one attached hydrogen (secondary N) is 1. The van der Waals surface area contributed by atoms with Gasteiger partial charge in [0, 0.05) is 11.9 Å². The summed E-state index contributed by atoms with van der Waals surface area (Å²) in [5.41, 5.74) is 1.85. The molecule has 0 aliphatic heterocycles. The third-order valence-corrected chi connectivity index (χ3v) is 3.28. The largest absolute Gasteiger partial charge is 0.322 e. The van der Waals surface area contributed by atoms with Crippen LogP contribution in [0.2, 0.25) is 0 Å². The van der Waals surface area contributed by atoms with E-state index in [0.717, 1.165) is 6.42 Å². The van der Waals surface area contributed by atoms with Gasteiger partial charge in [0.25, 0.3) is 5.91 Å². The number of amides is 1. The van der Waals surface area contributed by atoms with Gasteiger partial charge in [-0.2, -0.15) is 4.39 Å². The van der Waals surface area contributed by atoms with Gasteiger partial charge in [0.15, 0.2) is 0 Å². The second-order valence-corrected chi connectivity index (χ2v) is 4.95. The number of benzene rings is 1. The van der Waals surface area contributed by atoms with Gasteiger partial charge in [-0.05, 0) is 42.7 Å². The van der Waals surface area contributed by atoms with E-state index in [1.165, 1.54) is 43.2 Å². The predicted octanol–water partition coefficient (Wildman–Crippen LogP) is 4.21. The molecule has 1 amide bonds. The molecule has 2 rings (SSSR count). The van der Waals surface area contributed by atoms with Crippen LogP contribution in [0.15, 0.2) is 42.6 Å². The van der Waals surface area contributed by atoms with Crippen LogP contribution in [-0.2, 0) is 6.42 Å². The van der Waals surface area contributed by atoms with Crippen molar-refractivity contribution in [3.8, 4) is 0 Å². The number of hydrogen-bond donors (Lipinski definition) is 1. The topological polar surface area (TPSA) is 42.0 Å². The van der Waals surface area contributed by atoms with Crippen molar-refractivity contribution in [2.24, 2.45) is 0 Å². The van der Waals surface area contributed by atoms with E-state index in [2.05, 4.69) is 17.2 Å². The first-order chi connectivity index (χ1) is 10.2. The molecule has 1 aromatic heterocycles. The molecule has 0 radical (unpaired) electrons. The van der Waals surface area contributed by atoms with E-state index in [1.54, 1.807) is 0 Å². The van der Waals surface area contributed by atoms with Crippen molar-refractivity contribution in [2.45, 2.75) is 32.6 Å². The normalized spacial score (nSPS) is 10.4. The molecule has 21 heavy (non-hydrogen) atoms. The average Bonchev–Trinajstić information content (AvgIpc) is 2.49. The molecule has 0 saturated carbocycles. The first-order valence-electron chi connectivity index (χ1n) is 7.21. The highest BCUT2D eigenvalue weighted by Gasteiger charge is 2.11. The Labute approximate surface area is 124 Å². The van der Waals surface area contributed by atoms with Gasteiger partial charge in [0.2, 0.25) is 5.95 Å². The number of hydrogen-bond acceptors (Lipinski definition) is 2. The predicted molar refractivity (Wildman–Crippen MR) is 81.8 cm³/mol. The van der Waals surface area contributed by atoms with Crippen molar-refractivity contribution >= 4 is 11.6 Å². The standard InChI is InChI=1S/C17H19FN2O/c1-2-3-4-6-13-8-10-14(11-9-13)20-17(21)15-7-5-12-19-16(15)18/h5,7-12H,2-4,6H2,1H3,(H,20,21). The molecule has 2 aromatic rings. The maximum absolute atomic E-state index is 13.4. The van der Waals surface area contributed by atoms with Crippen LogP contribution in [0.25, 0.3) is 0 Å². The van der Waals surface area contributed by atoms with Crippen LogP contribution in [-0.4, -0.2) is 10.9 Å². The lowest BCUT2D eigenvalue weighted by Gasteiger charge is -2.07. The van der Waals surface area contributed by atoms with E-state index in [1.807, 2.05) is 24.3 Å². The minimum atomic E-state index is -0.758. The summed E-state index contributed by atoms with van der Waals surface area (Å²) in [7, 11) is 0. The molecule has 110 valence electrons.